The second-order valence-corrected chi connectivity index (χ2v) is 6.67. The first-order chi connectivity index (χ1) is 9.54. The van der Waals surface area contributed by atoms with Crippen LogP contribution in [0.15, 0.2) is 24.3 Å². The van der Waals surface area contributed by atoms with E-state index in [1.54, 1.807) is 0 Å². The van der Waals surface area contributed by atoms with Crippen molar-refractivity contribution in [2.45, 2.75) is 52.6 Å². The van der Waals surface area contributed by atoms with Gasteiger partial charge in [0, 0.05) is 6.54 Å². The molecule has 1 aliphatic rings. The molecule has 0 bridgehead atoms. The van der Waals surface area contributed by atoms with Gasteiger partial charge in [0.15, 0.2) is 0 Å². The third-order valence-electron chi connectivity index (χ3n) is 5.18. The molecule has 2 nitrogen and oxygen atoms in total. The van der Waals surface area contributed by atoms with Gasteiger partial charge in [-0.1, -0.05) is 44.5 Å². The fraction of sp³-hybridized carbons (Fsp3) is 0.667. The van der Waals surface area contributed by atoms with E-state index in [4.69, 9.17) is 0 Å². The Morgan fingerprint density at radius 3 is 2.50 bits per heavy atom. The van der Waals surface area contributed by atoms with Crippen LogP contribution in [0.5, 0.6) is 0 Å². The van der Waals surface area contributed by atoms with Crippen LogP contribution in [0.4, 0.5) is 0 Å². The van der Waals surface area contributed by atoms with Crippen LogP contribution in [-0.2, 0) is 0 Å². The van der Waals surface area contributed by atoms with E-state index in [2.05, 4.69) is 31.7 Å². The fourth-order valence-electron chi connectivity index (χ4n) is 3.09. The van der Waals surface area contributed by atoms with Crippen LogP contribution >= 0.6 is 0 Å². The van der Waals surface area contributed by atoms with E-state index in [9.17, 15) is 5.11 Å². The summed E-state index contributed by atoms with van der Waals surface area (Å²) in [6.45, 7) is 10.2. The maximum absolute atomic E-state index is 10.4. The number of rotatable bonds is 5. The molecule has 0 radical (unpaired) electrons. The maximum Gasteiger partial charge on any atom is 0.0804 e. The van der Waals surface area contributed by atoms with Gasteiger partial charge < -0.3 is 10.0 Å². The molecule has 1 aliphatic heterocycles. The van der Waals surface area contributed by atoms with Crippen LogP contribution < -0.4 is 0 Å². The van der Waals surface area contributed by atoms with Crippen LogP contribution in [0.1, 0.15) is 56.8 Å². The summed E-state index contributed by atoms with van der Waals surface area (Å²) in [5.74, 6) is 0. The van der Waals surface area contributed by atoms with E-state index in [-0.39, 0.29) is 6.10 Å². The molecule has 112 valence electrons. The molecule has 1 saturated heterocycles. The average Bonchev–Trinajstić information content (AvgIpc) is 2.47. The van der Waals surface area contributed by atoms with Gasteiger partial charge in [-0.2, -0.15) is 0 Å². The number of aliphatic hydroxyl groups is 1. The van der Waals surface area contributed by atoms with Gasteiger partial charge in [-0.25, -0.2) is 0 Å². The van der Waals surface area contributed by atoms with E-state index < -0.39 is 0 Å². The number of nitrogens with zero attached hydrogens (tertiary/aromatic N) is 1. The van der Waals surface area contributed by atoms with E-state index in [0.717, 1.165) is 18.5 Å². The summed E-state index contributed by atoms with van der Waals surface area (Å²) in [7, 11) is 0. The zero-order chi connectivity index (χ0) is 14.6. The van der Waals surface area contributed by atoms with Crippen molar-refractivity contribution in [1.82, 2.24) is 4.90 Å². The lowest BCUT2D eigenvalue weighted by atomic mass is 9.78. The van der Waals surface area contributed by atoms with E-state index >= 15 is 0 Å². The number of likely N-dealkylation sites (tertiary alicyclic amines) is 1. The third kappa shape index (κ3) is 3.83. The predicted molar refractivity (Wildman–Crippen MR) is 84.8 cm³/mol. The van der Waals surface area contributed by atoms with Crippen molar-refractivity contribution in [3.8, 4) is 0 Å². The van der Waals surface area contributed by atoms with Crippen LogP contribution in [0.25, 0.3) is 0 Å². The van der Waals surface area contributed by atoms with Gasteiger partial charge in [-0.3, -0.25) is 0 Å². The molecular formula is C18H29NO. The largest absolute Gasteiger partial charge is 0.388 e. The number of piperidine rings is 1. The van der Waals surface area contributed by atoms with Crippen molar-refractivity contribution in [2.24, 2.45) is 5.41 Å². The van der Waals surface area contributed by atoms with Gasteiger partial charge in [0.25, 0.3) is 0 Å². The summed E-state index contributed by atoms with van der Waals surface area (Å²) in [5.41, 5.74) is 2.82. The molecule has 1 aromatic rings. The van der Waals surface area contributed by atoms with Crippen LogP contribution in [0.3, 0.4) is 0 Å². The SMILES string of the molecule is CCC1(C)CCN(CCC(O)c2ccccc2C)CC1. The standard InChI is InChI=1S/C18H29NO/c1-4-18(3)10-13-19(14-11-18)12-9-17(20)16-8-6-5-7-15(16)2/h5-8,17,20H,4,9-14H2,1-3H3. The van der Waals surface area contributed by atoms with Gasteiger partial charge >= 0.3 is 0 Å². The number of aryl methyl sites for hydroxylation is 1. The van der Waals surface area contributed by atoms with Crippen LogP contribution in [0.2, 0.25) is 0 Å². The number of benzene rings is 1. The van der Waals surface area contributed by atoms with E-state index in [1.807, 2.05) is 18.2 Å². The first-order valence-corrected chi connectivity index (χ1v) is 8.00. The smallest absolute Gasteiger partial charge is 0.0804 e. The minimum atomic E-state index is -0.323. The normalized spacial score (nSPS) is 20.8. The monoisotopic (exact) mass is 275 g/mol. The third-order valence-corrected chi connectivity index (χ3v) is 5.18. The lowest BCUT2D eigenvalue weighted by Crippen LogP contribution is -2.39. The molecular weight excluding hydrogens is 246 g/mol. The van der Waals surface area contributed by atoms with Gasteiger partial charge in [-0.05, 0) is 55.8 Å². The zero-order valence-corrected chi connectivity index (χ0v) is 13.2. The highest BCUT2D eigenvalue weighted by Gasteiger charge is 2.28. The van der Waals surface area contributed by atoms with Gasteiger partial charge in [0.2, 0.25) is 0 Å². The summed E-state index contributed by atoms with van der Waals surface area (Å²) in [6, 6.07) is 8.16. The highest BCUT2D eigenvalue weighted by molar-refractivity contribution is 5.27. The number of aliphatic hydroxyl groups excluding tert-OH is 1. The zero-order valence-electron chi connectivity index (χ0n) is 13.2. The Hall–Kier alpha value is -0.860. The lowest BCUT2D eigenvalue weighted by Gasteiger charge is -2.39. The summed E-state index contributed by atoms with van der Waals surface area (Å²) < 4.78 is 0. The van der Waals surface area contributed by atoms with Crippen molar-refractivity contribution in [2.75, 3.05) is 19.6 Å². The highest BCUT2D eigenvalue weighted by atomic mass is 16.3. The molecule has 0 aliphatic carbocycles. The summed E-state index contributed by atoms with van der Waals surface area (Å²) >= 11 is 0. The minimum Gasteiger partial charge on any atom is -0.388 e. The topological polar surface area (TPSA) is 23.5 Å². The molecule has 1 atom stereocenters. The van der Waals surface area contributed by atoms with Crippen molar-refractivity contribution in [3.63, 3.8) is 0 Å². The fourth-order valence-corrected chi connectivity index (χ4v) is 3.09. The predicted octanol–water partition coefficient (Wildman–Crippen LogP) is 3.93. The molecule has 2 rings (SSSR count). The van der Waals surface area contributed by atoms with Crippen LogP contribution in [0, 0.1) is 12.3 Å². The molecule has 0 amide bonds. The molecule has 0 aromatic heterocycles. The Morgan fingerprint density at radius 2 is 1.90 bits per heavy atom. The lowest BCUT2D eigenvalue weighted by molar-refractivity contribution is 0.0908. The van der Waals surface area contributed by atoms with Gasteiger partial charge in [0.05, 0.1) is 6.10 Å². The summed E-state index contributed by atoms with van der Waals surface area (Å²) in [6.07, 6.45) is 4.39. The molecule has 1 aromatic carbocycles. The molecule has 1 heterocycles. The van der Waals surface area contributed by atoms with Gasteiger partial charge in [-0.15, -0.1) is 0 Å². The minimum absolute atomic E-state index is 0.323. The van der Waals surface area contributed by atoms with E-state index in [0.29, 0.717) is 5.41 Å². The number of hydrogen-bond donors (Lipinski definition) is 1. The second kappa shape index (κ2) is 6.73. The number of hydrogen-bond acceptors (Lipinski definition) is 2. The Balaban J connectivity index is 1.80. The Labute approximate surface area is 123 Å². The van der Waals surface area contributed by atoms with Crippen molar-refractivity contribution in [1.29, 1.82) is 0 Å². The maximum atomic E-state index is 10.4. The van der Waals surface area contributed by atoms with E-state index in [1.165, 1.54) is 37.9 Å². The molecule has 1 N–H and O–H groups in total. The molecule has 1 unspecified atom stereocenters. The first kappa shape index (κ1) is 15.5. The molecule has 0 spiro atoms. The Morgan fingerprint density at radius 1 is 1.25 bits per heavy atom. The van der Waals surface area contributed by atoms with Crippen molar-refractivity contribution in [3.05, 3.63) is 35.4 Å². The van der Waals surface area contributed by atoms with Crippen molar-refractivity contribution >= 4 is 0 Å². The molecule has 0 saturated carbocycles. The van der Waals surface area contributed by atoms with Gasteiger partial charge in [0.1, 0.15) is 0 Å². The second-order valence-electron chi connectivity index (χ2n) is 6.67. The average molecular weight is 275 g/mol. The van der Waals surface area contributed by atoms with Crippen LogP contribution in [-0.4, -0.2) is 29.6 Å². The summed E-state index contributed by atoms with van der Waals surface area (Å²) in [5, 5.41) is 10.4. The highest BCUT2D eigenvalue weighted by Crippen LogP contribution is 2.34. The quantitative estimate of drug-likeness (QED) is 0.880. The molecule has 2 heteroatoms. The Bertz CT molecular complexity index is 421. The first-order valence-electron chi connectivity index (χ1n) is 8.00. The molecule has 1 fully saturated rings. The molecule has 20 heavy (non-hydrogen) atoms. The Kier molecular flexibility index (Phi) is 5.22. The summed E-state index contributed by atoms with van der Waals surface area (Å²) in [4.78, 5) is 2.51. The van der Waals surface area contributed by atoms with Crippen molar-refractivity contribution < 1.29 is 5.11 Å².